The van der Waals surface area contributed by atoms with Crippen LogP contribution in [0.2, 0.25) is 0 Å². The first kappa shape index (κ1) is 7.55. The van der Waals surface area contributed by atoms with Crippen LogP contribution < -0.4 is 0 Å². The highest BCUT2D eigenvalue weighted by Crippen LogP contribution is 2.00. The molecule has 0 atom stereocenters. The van der Waals surface area contributed by atoms with Crippen molar-refractivity contribution in [3.05, 3.63) is 47.0 Å². The van der Waals surface area contributed by atoms with E-state index in [-0.39, 0.29) is 0 Å². The van der Waals surface area contributed by atoms with Gasteiger partial charge in [0.05, 0.1) is 0 Å². The molecule has 0 radical (unpaired) electrons. The van der Waals surface area contributed by atoms with Crippen LogP contribution in [-0.4, -0.2) is 0 Å². The van der Waals surface area contributed by atoms with Gasteiger partial charge in [-0.25, -0.2) is 0 Å². The van der Waals surface area contributed by atoms with Gasteiger partial charge in [-0.3, -0.25) is 0 Å². The number of hydrogen-bond donors (Lipinski definition) is 0. The Kier molecular flexibility index (Phi) is 3.23. The Balaban J connectivity index is 2.59. The third-order valence-electron chi connectivity index (χ3n) is 1.29. The van der Waals surface area contributed by atoms with Gasteiger partial charge in [0.15, 0.2) is 0 Å². The molecule has 10 heavy (non-hydrogen) atoms. The van der Waals surface area contributed by atoms with Gasteiger partial charge in [-0.2, -0.15) is 0 Å². The third-order valence-corrected chi connectivity index (χ3v) is 1.66. The fourth-order valence-electron chi connectivity index (χ4n) is 0.795. The summed E-state index contributed by atoms with van der Waals surface area (Å²) in [5, 5.41) is 0. The van der Waals surface area contributed by atoms with Gasteiger partial charge in [0.1, 0.15) is 0 Å². The van der Waals surface area contributed by atoms with E-state index in [1.807, 2.05) is 11.1 Å². The molecule has 0 nitrogen and oxygen atoms in total. The number of benzene rings is 1. The molecule has 0 saturated carbocycles. The molecule has 0 aromatic heterocycles. The van der Waals surface area contributed by atoms with E-state index in [9.17, 15) is 0 Å². The molecule has 0 unspecified atom stereocenters. The summed E-state index contributed by atoms with van der Waals surface area (Å²) in [4.78, 5) is 1.89. The van der Waals surface area contributed by atoms with Gasteiger partial charge < -0.3 is 0 Å². The first-order valence-corrected chi connectivity index (χ1v) is 4.14. The topological polar surface area (TPSA) is 0 Å². The molecule has 0 aliphatic rings. The summed E-state index contributed by atoms with van der Waals surface area (Å²) in [6.45, 7) is 0. The maximum Gasteiger partial charge on any atom is -0.00892 e. The Hall–Kier alpha value is -0.560. The zero-order valence-electron chi connectivity index (χ0n) is 5.63. The predicted octanol–water partition coefficient (Wildman–Crippen LogP) is 3.14. The van der Waals surface area contributed by atoms with Crippen molar-refractivity contribution < 1.29 is 0 Å². The quantitative estimate of drug-likeness (QED) is 0.683. The van der Waals surface area contributed by atoms with Gasteiger partial charge in [0.25, 0.3) is 0 Å². The van der Waals surface area contributed by atoms with Gasteiger partial charge in [-0.15, -0.1) is 0 Å². The SMILES string of the molecule is BrC=CCc1ccccc1. The second-order valence-electron chi connectivity index (χ2n) is 2.05. The zero-order valence-corrected chi connectivity index (χ0v) is 7.21. The van der Waals surface area contributed by atoms with Crippen molar-refractivity contribution >= 4 is 15.9 Å². The first-order chi connectivity index (χ1) is 4.93. The standard InChI is InChI=1S/C9H9Br/c10-8-4-7-9-5-2-1-3-6-9/h1-6,8H,7H2. The third kappa shape index (κ3) is 2.36. The second-order valence-corrected chi connectivity index (χ2v) is 2.58. The average molecular weight is 197 g/mol. The van der Waals surface area contributed by atoms with Crippen LogP contribution in [0.15, 0.2) is 41.4 Å². The molecule has 0 bridgehead atoms. The van der Waals surface area contributed by atoms with Crippen molar-refractivity contribution in [2.75, 3.05) is 0 Å². The lowest BCUT2D eigenvalue weighted by molar-refractivity contribution is 1.28. The summed E-state index contributed by atoms with van der Waals surface area (Å²) < 4.78 is 0. The van der Waals surface area contributed by atoms with E-state index in [0.29, 0.717) is 0 Å². The van der Waals surface area contributed by atoms with Gasteiger partial charge in [0, 0.05) is 0 Å². The summed E-state index contributed by atoms with van der Waals surface area (Å²) in [5.41, 5.74) is 1.35. The summed E-state index contributed by atoms with van der Waals surface area (Å²) in [6.07, 6.45) is 3.08. The fourth-order valence-corrected chi connectivity index (χ4v) is 0.982. The van der Waals surface area contributed by atoms with E-state index in [1.54, 1.807) is 0 Å². The fraction of sp³-hybridized carbons (Fsp3) is 0.111. The molecule has 0 aliphatic carbocycles. The minimum absolute atomic E-state index is 1.01. The van der Waals surface area contributed by atoms with Crippen LogP contribution in [0.25, 0.3) is 0 Å². The molecular formula is C9H9Br. The van der Waals surface area contributed by atoms with Gasteiger partial charge >= 0.3 is 0 Å². The molecule has 1 aromatic carbocycles. The van der Waals surface area contributed by atoms with Crippen molar-refractivity contribution in [1.82, 2.24) is 0 Å². The second kappa shape index (κ2) is 4.29. The molecule has 0 heterocycles. The maximum absolute atomic E-state index is 3.23. The van der Waals surface area contributed by atoms with Crippen molar-refractivity contribution in [3.63, 3.8) is 0 Å². The summed E-state index contributed by atoms with van der Waals surface area (Å²) in [7, 11) is 0. The maximum atomic E-state index is 3.23. The van der Waals surface area contributed by atoms with Crippen LogP contribution >= 0.6 is 15.9 Å². The lowest BCUT2D eigenvalue weighted by Gasteiger charge is -1.91. The van der Waals surface area contributed by atoms with Crippen LogP contribution in [0, 0.1) is 0 Å². The molecule has 0 saturated heterocycles. The predicted molar refractivity (Wildman–Crippen MR) is 48.2 cm³/mol. The lowest BCUT2D eigenvalue weighted by atomic mass is 10.2. The summed E-state index contributed by atoms with van der Waals surface area (Å²) in [5.74, 6) is 0. The normalized spacial score (nSPS) is 10.5. The average Bonchev–Trinajstić information content (AvgIpc) is 2.03. The van der Waals surface area contributed by atoms with Crippen LogP contribution in [0.3, 0.4) is 0 Å². The smallest absolute Gasteiger partial charge is 0.00892 e. The summed E-state index contributed by atoms with van der Waals surface area (Å²) >= 11 is 3.23. The lowest BCUT2D eigenvalue weighted by Crippen LogP contribution is -1.76. The molecule has 0 fully saturated rings. The monoisotopic (exact) mass is 196 g/mol. The van der Waals surface area contributed by atoms with E-state index < -0.39 is 0 Å². The highest BCUT2D eigenvalue weighted by Gasteiger charge is 1.83. The highest BCUT2D eigenvalue weighted by molar-refractivity contribution is 9.11. The summed E-state index contributed by atoms with van der Waals surface area (Å²) in [6, 6.07) is 10.4. The van der Waals surface area contributed by atoms with E-state index in [4.69, 9.17) is 0 Å². The molecule has 0 N–H and O–H groups in total. The molecule has 0 amide bonds. The number of allylic oxidation sites excluding steroid dienone is 1. The number of halogens is 1. The minimum atomic E-state index is 1.01. The Morgan fingerprint density at radius 3 is 2.50 bits per heavy atom. The Labute approximate surface area is 69.7 Å². The van der Waals surface area contributed by atoms with E-state index in [1.165, 1.54) is 5.56 Å². The van der Waals surface area contributed by atoms with Crippen molar-refractivity contribution in [2.24, 2.45) is 0 Å². The number of hydrogen-bond acceptors (Lipinski definition) is 0. The van der Waals surface area contributed by atoms with Crippen molar-refractivity contribution in [2.45, 2.75) is 6.42 Å². The Morgan fingerprint density at radius 2 is 1.90 bits per heavy atom. The molecule has 1 aromatic rings. The largest absolute Gasteiger partial charge is 0.0732 e. The Morgan fingerprint density at radius 1 is 1.20 bits per heavy atom. The minimum Gasteiger partial charge on any atom is -0.0732 e. The van der Waals surface area contributed by atoms with E-state index in [2.05, 4.69) is 46.3 Å². The van der Waals surface area contributed by atoms with Crippen LogP contribution in [0.4, 0.5) is 0 Å². The van der Waals surface area contributed by atoms with Crippen molar-refractivity contribution in [1.29, 1.82) is 0 Å². The van der Waals surface area contributed by atoms with E-state index >= 15 is 0 Å². The first-order valence-electron chi connectivity index (χ1n) is 3.22. The Bertz CT molecular complexity index is 201. The zero-order chi connectivity index (χ0) is 7.23. The van der Waals surface area contributed by atoms with Crippen LogP contribution in [-0.2, 0) is 6.42 Å². The van der Waals surface area contributed by atoms with Gasteiger partial charge in [-0.1, -0.05) is 52.3 Å². The molecule has 0 aliphatic heterocycles. The molecule has 1 rings (SSSR count). The van der Waals surface area contributed by atoms with Gasteiger partial charge in [0.2, 0.25) is 0 Å². The number of rotatable bonds is 2. The van der Waals surface area contributed by atoms with Gasteiger partial charge in [-0.05, 0) is 17.0 Å². The molecule has 0 spiro atoms. The van der Waals surface area contributed by atoms with Crippen LogP contribution in [0.5, 0.6) is 0 Å². The molecular weight excluding hydrogens is 188 g/mol. The van der Waals surface area contributed by atoms with Crippen LogP contribution in [0.1, 0.15) is 5.56 Å². The highest BCUT2D eigenvalue weighted by atomic mass is 79.9. The van der Waals surface area contributed by atoms with E-state index in [0.717, 1.165) is 6.42 Å². The molecule has 52 valence electrons. The molecule has 1 heteroatoms. The van der Waals surface area contributed by atoms with Crippen molar-refractivity contribution in [3.8, 4) is 0 Å².